The molecule has 156 valence electrons. The number of carbonyl (C=O) groups excluding carboxylic acids is 1. The molecule has 1 saturated heterocycles. The zero-order valence-electron chi connectivity index (χ0n) is 17.1. The summed E-state index contributed by atoms with van der Waals surface area (Å²) in [6.45, 7) is 5.12. The molecule has 3 aromatic rings. The van der Waals surface area contributed by atoms with Crippen molar-refractivity contribution >= 4 is 5.91 Å². The van der Waals surface area contributed by atoms with E-state index in [4.69, 9.17) is 0 Å². The van der Waals surface area contributed by atoms with Gasteiger partial charge in [0.15, 0.2) is 0 Å². The summed E-state index contributed by atoms with van der Waals surface area (Å²) in [6, 6.07) is 12.3. The number of hydrogen-bond donors (Lipinski definition) is 1. The topological polar surface area (TPSA) is 63.1 Å². The minimum Gasteiger partial charge on any atom is -0.350 e. The molecule has 0 radical (unpaired) electrons. The number of aryl methyl sites for hydroxylation is 1. The van der Waals surface area contributed by atoms with Crippen LogP contribution in [0.5, 0.6) is 0 Å². The van der Waals surface area contributed by atoms with Crippen molar-refractivity contribution in [1.82, 2.24) is 25.0 Å². The van der Waals surface area contributed by atoms with E-state index < -0.39 is 5.41 Å². The van der Waals surface area contributed by atoms with Crippen LogP contribution in [0.25, 0.3) is 0 Å². The lowest BCUT2D eigenvalue weighted by atomic mass is 9.73. The third kappa shape index (κ3) is 4.41. The predicted molar refractivity (Wildman–Crippen MR) is 112 cm³/mol. The van der Waals surface area contributed by atoms with Crippen LogP contribution in [0, 0.1) is 11.2 Å². The van der Waals surface area contributed by atoms with Gasteiger partial charge in [0, 0.05) is 44.1 Å². The van der Waals surface area contributed by atoms with Crippen LogP contribution in [0.4, 0.5) is 4.39 Å². The normalized spacial score (nSPS) is 15.5. The Bertz CT molecular complexity index is 998. The van der Waals surface area contributed by atoms with Crippen molar-refractivity contribution in [2.75, 3.05) is 13.1 Å². The first-order valence-corrected chi connectivity index (χ1v) is 10.2. The van der Waals surface area contributed by atoms with E-state index in [1.54, 1.807) is 18.3 Å². The van der Waals surface area contributed by atoms with E-state index in [0.29, 0.717) is 31.6 Å². The second kappa shape index (κ2) is 8.75. The first-order valence-electron chi connectivity index (χ1n) is 10.2. The van der Waals surface area contributed by atoms with Crippen LogP contribution in [0.2, 0.25) is 0 Å². The number of benzene rings is 1. The van der Waals surface area contributed by atoms with Gasteiger partial charge in [-0.25, -0.2) is 4.39 Å². The van der Waals surface area contributed by atoms with Crippen molar-refractivity contribution in [2.24, 2.45) is 5.41 Å². The SMILES string of the molecule is CCn1cc(CN2CC(Cc3ccccc3F)(C(=O)NCc3ccccn3)C2)cn1. The highest BCUT2D eigenvalue weighted by atomic mass is 19.1. The van der Waals surface area contributed by atoms with E-state index in [1.165, 1.54) is 6.07 Å². The molecule has 1 aliphatic heterocycles. The standard InChI is InChI=1S/C23H26FN5O/c1-2-29-15-18(12-27-29)14-28-16-23(17-28,11-19-7-3-4-9-21(19)24)22(30)26-13-20-8-5-6-10-25-20/h3-10,12,15H,2,11,13-14,16-17H2,1H3,(H,26,30). The van der Waals surface area contributed by atoms with Gasteiger partial charge in [-0.05, 0) is 37.1 Å². The third-order valence-electron chi connectivity index (χ3n) is 5.59. The summed E-state index contributed by atoms with van der Waals surface area (Å²) < 4.78 is 16.2. The number of carbonyl (C=O) groups is 1. The van der Waals surface area contributed by atoms with E-state index in [2.05, 4.69) is 20.3 Å². The van der Waals surface area contributed by atoms with E-state index >= 15 is 0 Å². The number of aromatic nitrogens is 3. The van der Waals surface area contributed by atoms with Crippen molar-refractivity contribution < 1.29 is 9.18 Å². The van der Waals surface area contributed by atoms with Gasteiger partial charge in [0.05, 0.1) is 23.9 Å². The van der Waals surface area contributed by atoms with Crippen molar-refractivity contribution in [3.8, 4) is 0 Å². The maximum atomic E-state index is 14.3. The van der Waals surface area contributed by atoms with Crippen LogP contribution in [-0.4, -0.2) is 38.7 Å². The molecule has 1 N–H and O–H groups in total. The Morgan fingerprint density at radius 2 is 2.00 bits per heavy atom. The molecule has 4 rings (SSSR count). The molecule has 2 aromatic heterocycles. The van der Waals surface area contributed by atoms with Gasteiger partial charge < -0.3 is 5.32 Å². The lowest BCUT2D eigenvalue weighted by molar-refractivity contribution is -0.142. The third-order valence-corrected chi connectivity index (χ3v) is 5.59. The van der Waals surface area contributed by atoms with Gasteiger partial charge in [-0.1, -0.05) is 24.3 Å². The van der Waals surface area contributed by atoms with Crippen LogP contribution < -0.4 is 5.32 Å². The first kappa shape index (κ1) is 20.2. The smallest absolute Gasteiger partial charge is 0.229 e. The van der Waals surface area contributed by atoms with Gasteiger partial charge in [0.25, 0.3) is 0 Å². The number of pyridine rings is 1. The average molecular weight is 407 g/mol. The van der Waals surface area contributed by atoms with Gasteiger partial charge in [-0.2, -0.15) is 5.10 Å². The fourth-order valence-corrected chi connectivity index (χ4v) is 4.04. The Kier molecular flexibility index (Phi) is 5.90. The van der Waals surface area contributed by atoms with E-state index in [-0.39, 0.29) is 11.7 Å². The summed E-state index contributed by atoms with van der Waals surface area (Å²) in [4.78, 5) is 19.6. The molecule has 1 fully saturated rings. The molecule has 1 aromatic carbocycles. The molecule has 0 saturated carbocycles. The van der Waals surface area contributed by atoms with E-state index in [9.17, 15) is 9.18 Å². The maximum absolute atomic E-state index is 14.3. The fraction of sp³-hybridized carbons (Fsp3) is 0.348. The molecule has 30 heavy (non-hydrogen) atoms. The van der Waals surface area contributed by atoms with E-state index in [1.807, 2.05) is 48.3 Å². The van der Waals surface area contributed by atoms with Crippen molar-refractivity contribution in [2.45, 2.75) is 33.0 Å². The van der Waals surface area contributed by atoms with Crippen LogP contribution in [0.3, 0.4) is 0 Å². The molecule has 1 aliphatic rings. The molecule has 7 heteroatoms. The maximum Gasteiger partial charge on any atom is 0.229 e. The molecule has 0 unspecified atom stereocenters. The highest BCUT2D eigenvalue weighted by molar-refractivity contribution is 5.84. The number of halogens is 1. The minimum atomic E-state index is -0.655. The fourth-order valence-electron chi connectivity index (χ4n) is 4.04. The zero-order chi connectivity index (χ0) is 21.0. The number of hydrogen-bond acceptors (Lipinski definition) is 4. The Labute approximate surface area is 175 Å². The summed E-state index contributed by atoms with van der Waals surface area (Å²) in [5.41, 5.74) is 1.83. The number of rotatable bonds is 8. The summed E-state index contributed by atoms with van der Waals surface area (Å²) >= 11 is 0. The first-order chi connectivity index (χ1) is 14.6. The predicted octanol–water partition coefficient (Wildman–Crippen LogP) is 2.80. The van der Waals surface area contributed by atoms with Gasteiger partial charge >= 0.3 is 0 Å². The molecule has 3 heterocycles. The molecule has 0 atom stereocenters. The molecule has 0 spiro atoms. The molecule has 0 bridgehead atoms. The van der Waals surface area contributed by atoms with Crippen LogP contribution >= 0.6 is 0 Å². The van der Waals surface area contributed by atoms with Crippen molar-refractivity contribution in [3.05, 3.63) is 83.7 Å². The quantitative estimate of drug-likeness (QED) is 0.624. The zero-order valence-corrected chi connectivity index (χ0v) is 17.1. The number of likely N-dealkylation sites (tertiary alicyclic amines) is 1. The van der Waals surface area contributed by atoms with Crippen molar-refractivity contribution in [1.29, 1.82) is 0 Å². The lowest BCUT2D eigenvalue weighted by Gasteiger charge is -2.49. The largest absolute Gasteiger partial charge is 0.350 e. The lowest BCUT2D eigenvalue weighted by Crippen LogP contribution is -2.63. The van der Waals surface area contributed by atoms with Crippen LogP contribution in [0.15, 0.2) is 61.1 Å². The molecule has 0 aliphatic carbocycles. The van der Waals surface area contributed by atoms with Crippen molar-refractivity contribution in [3.63, 3.8) is 0 Å². The summed E-state index contributed by atoms with van der Waals surface area (Å²) in [5.74, 6) is -0.325. The van der Waals surface area contributed by atoms with Gasteiger partial charge in [-0.15, -0.1) is 0 Å². The van der Waals surface area contributed by atoms with Gasteiger partial charge in [0.1, 0.15) is 5.82 Å². The van der Waals surface area contributed by atoms with Gasteiger partial charge in [0.2, 0.25) is 5.91 Å². The average Bonchev–Trinajstić information content (AvgIpc) is 3.20. The highest BCUT2D eigenvalue weighted by Crippen LogP contribution is 2.36. The Hall–Kier alpha value is -3.06. The molecular formula is C23H26FN5O. The van der Waals surface area contributed by atoms with Gasteiger partial charge in [-0.3, -0.25) is 19.4 Å². The Balaban J connectivity index is 1.46. The minimum absolute atomic E-state index is 0.0584. The van der Waals surface area contributed by atoms with E-state index in [0.717, 1.165) is 24.3 Å². The second-order valence-electron chi connectivity index (χ2n) is 7.90. The number of nitrogens with zero attached hydrogens (tertiary/aromatic N) is 4. The monoisotopic (exact) mass is 407 g/mol. The Morgan fingerprint density at radius 1 is 1.20 bits per heavy atom. The van der Waals surface area contributed by atoms with Crippen LogP contribution in [0.1, 0.15) is 23.7 Å². The summed E-state index contributed by atoms with van der Waals surface area (Å²) in [6.07, 6.45) is 5.97. The number of amides is 1. The molecule has 6 nitrogen and oxygen atoms in total. The highest BCUT2D eigenvalue weighted by Gasteiger charge is 2.49. The summed E-state index contributed by atoms with van der Waals surface area (Å²) in [5, 5.41) is 7.33. The molecule has 1 amide bonds. The second-order valence-corrected chi connectivity index (χ2v) is 7.90. The summed E-state index contributed by atoms with van der Waals surface area (Å²) in [7, 11) is 0. The number of nitrogens with one attached hydrogen (secondary N) is 1. The van der Waals surface area contributed by atoms with Crippen LogP contribution in [-0.2, 0) is 30.8 Å². The molecular weight excluding hydrogens is 381 g/mol. The Morgan fingerprint density at radius 3 is 2.70 bits per heavy atom.